The average Bonchev–Trinajstić information content (AvgIpc) is 2.34. The standard InChI is InChI=1S/C11H10ClN3O4S/c12-9-3-2-8(6-10(9)15(16)17)20(18,19)14-11(7-13)4-1-5-11/h2-3,6,14H,1,4-5H2. The highest BCUT2D eigenvalue weighted by atomic mass is 35.5. The average molecular weight is 316 g/mol. The second kappa shape index (κ2) is 5.01. The Kier molecular flexibility index (Phi) is 3.69. The Morgan fingerprint density at radius 3 is 2.55 bits per heavy atom. The lowest BCUT2D eigenvalue weighted by molar-refractivity contribution is -0.384. The van der Waals surface area contributed by atoms with Crippen molar-refractivity contribution in [3.63, 3.8) is 0 Å². The Morgan fingerprint density at radius 2 is 2.10 bits per heavy atom. The number of nitro groups is 1. The SMILES string of the molecule is N#CC1(NS(=O)(=O)c2ccc(Cl)c([N+](=O)[O-])c2)CCC1. The number of sulfonamides is 1. The zero-order valence-corrected chi connectivity index (χ0v) is 11.7. The molecule has 0 bridgehead atoms. The molecule has 0 radical (unpaired) electrons. The zero-order chi connectivity index (χ0) is 15.0. The number of benzene rings is 1. The summed E-state index contributed by atoms with van der Waals surface area (Å²) < 4.78 is 26.6. The highest BCUT2D eigenvalue weighted by molar-refractivity contribution is 7.89. The minimum Gasteiger partial charge on any atom is -0.258 e. The van der Waals surface area contributed by atoms with Gasteiger partial charge in [0.05, 0.1) is 15.9 Å². The van der Waals surface area contributed by atoms with Crippen LogP contribution < -0.4 is 4.72 Å². The highest BCUT2D eigenvalue weighted by Crippen LogP contribution is 2.33. The van der Waals surface area contributed by atoms with E-state index in [0.717, 1.165) is 18.6 Å². The van der Waals surface area contributed by atoms with Gasteiger partial charge in [-0.3, -0.25) is 10.1 Å². The smallest absolute Gasteiger partial charge is 0.258 e. The van der Waals surface area contributed by atoms with Gasteiger partial charge in [-0.05, 0) is 31.4 Å². The Morgan fingerprint density at radius 1 is 1.45 bits per heavy atom. The number of rotatable bonds is 4. The Labute approximate surface area is 120 Å². The molecule has 1 aromatic rings. The third-order valence-corrected chi connectivity index (χ3v) is 5.03. The van der Waals surface area contributed by atoms with Crippen LogP contribution in [-0.2, 0) is 10.0 Å². The molecule has 1 aliphatic carbocycles. The van der Waals surface area contributed by atoms with Crippen molar-refractivity contribution >= 4 is 27.3 Å². The maximum atomic E-state index is 12.2. The monoisotopic (exact) mass is 315 g/mol. The quantitative estimate of drug-likeness (QED) is 0.674. The van der Waals surface area contributed by atoms with E-state index in [0.29, 0.717) is 12.8 Å². The normalized spacial score (nSPS) is 17.0. The van der Waals surface area contributed by atoms with Crippen molar-refractivity contribution < 1.29 is 13.3 Å². The molecule has 0 aliphatic heterocycles. The van der Waals surface area contributed by atoms with Gasteiger partial charge in [0.15, 0.2) is 0 Å². The van der Waals surface area contributed by atoms with E-state index in [1.54, 1.807) is 0 Å². The van der Waals surface area contributed by atoms with E-state index in [1.807, 2.05) is 6.07 Å². The fourth-order valence-corrected chi connectivity index (χ4v) is 3.47. The summed E-state index contributed by atoms with van der Waals surface area (Å²) in [6.07, 6.45) is 1.62. The Bertz CT molecular complexity index is 707. The van der Waals surface area contributed by atoms with Crippen LogP contribution in [0.5, 0.6) is 0 Å². The summed E-state index contributed by atoms with van der Waals surface area (Å²) >= 11 is 5.63. The number of nitrogens with one attached hydrogen (secondary N) is 1. The van der Waals surface area contributed by atoms with Gasteiger partial charge < -0.3 is 0 Å². The molecular weight excluding hydrogens is 306 g/mol. The first kappa shape index (κ1) is 14.7. The van der Waals surface area contributed by atoms with Crippen molar-refractivity contribution in [2.45, 2.75) is 29.7 Å². The number of hydrogen-bond acceptors (Lipinski definition) is 5. The number of hydrogen-bond donors (Lipinski definition) is 1. The second-order valence-electron chi connectivity index (χ2n) is 4.52. The van der Waals surface area contributed by atoms with E-state index >= 15 is 0 Å². The van der Waals surface area contributed by atoms with Crippen LogP contribution >= 0.6 is 11.6 Å². The molecule has 106 valence electrons. The molecule has 1 aliphatic rings. The maximum Gasteiger partial charge on any atom is 0.289 e. The summed E-state index contributed by atoms with van der Waals surface area (Å²) in [6.45, 7) is 0. The molecule has 2 rings (SSSR count). The molecule has 1 N–H and O–H groups in total. The van der Waals surface area contributed by atoms with Crippen molar-refractivity contribution in [1.82, 2.24) is 4.72 Å². The molecule has 1 fully saturated rings. The predicted octanol–water partition coefficient (Wildman–Crippen LogP) is 1.97. The van der Waals surface area contributed by atoms with Gasteiger partial charge in [0.1, 0.15) is 10.6 Å². The van der Waals surface area contributed by atoms with Crippen LogP contribution in [0.25, 0.3) is 0 Å². The van der Waals surface area contributed by atoms with Crippen LogP contribution in [0.3, 0.4) is 0 Å². The molecule has 0 unspecified atom stereocenters. The van der Waals surface area contributed by atoms with Crippen LogP contribution in [0.15, 0.2) is 23.1 Å². The van der Waals surface area contributed by atoms with E-state index < -0.39 is 26.2 Å². The van der Waals surface area contributed by atoms with Crippen molar-refractivity contribution in [1.29, 1.82) is 5.26 Å². The maximum absolute atomic E-state index is 12.2. The lowest BCUT2D eigenvalue weighted by Gasteiger charge is -2.35. The van der Waals surface area contributed by atoms with Gasteiger partial charge in [-0.1, -0.05) is 11.6 Å². The molecule has 9 heteroatoms. The molecule has 0 saturated heterocycles. The van der Waals surface area contributed by atoms with Crippen molar-refractivity contribution in [3.8, 4) is 6.07 Å². The van der Waals surface area contributed by atoms with Gasteiger partial charge in [-0.25, -0.2) is 8.42 Å². The molecule has 0 atom stereocenters. The lowest BCUT2D eigenvalue weighted by atomic mass is 9.79. The molecular formula is C11H10ClN3O4S. The highest BCUT2D eigenvalue weighted by Gasteiger charge is 2.41. The number of nitrogens with zero attached hydrogens (tertiary/aromatic N) is 2. The van der Waals surface area contributed by atoms with Crippen LogP contribution in [0, 0.1) is 21.4 Å². The first-order chi connectivity index (χ1) is 9.30. The largest absolute Gasteiger partial charge is 0.289 e. The van der Waals surface area contributed by atoms with Crippen molar-refractivity contribution in [2.24, 2.45) is 0 Å². The van der Waals surface area contributed by atoms with Gasteiger partial charge in [0.25, 0.3) is 5.69 Å². The van der Waals surface area contributed by atoms with E-state index in [9.17, 15) is 18.5 Å². The van der Waals surface area contributed by atoms with E-state index in [-0.39, 0.29) is 9.92 Å². The van der Waals surface area contributed by atoms with E-state index in [4.69, 9.17) is 16.9 Å². The topological polar surface area (TPSA) is 113 Å². The van der Waals surface area contributed by atoms with Crippen LogP contribution in [0.1, 0.15) is 19.3 Å². The molecule has 0 amide bonds. The summed E-state index contributed by atoms with van der Waals surface area (Å²) in [6, 6.07) is 5.14. The minimum atomic E-state index is -4.00. The van der Waals surface area contributed by atoms with Crippen LogP contribution in [0.2, 0.25) is 5.02 Å². The lowest BCUT2D eigenvalue weighted by Crippen LogP contribution is -2.52. The van der Waals surface area contributed by atoms with Gasteiger partial charge >= 0.3 is 0 Å². The van der Waals surface area contributed by atoms with Gasteiger partial charge in [0, 0.05) is 6.07 Å². The summed E-state index contributed by atoms with van der Waals surface area (Å²) in [7, 11) is -4.00. The number of nitriles is 1. The summed E-state index contributed by atoms with van der Waals surface area (Å²) in [5.41, 5.74) is -1.60. The Hall–Kier alpha value is -1.69. The fraction of sp³-hybridized carbons (Fsp3) is 0.364. The van der Waals surface area contributed by atoms with Crippen molar-refractivity contribution in [2.75, 3.05) is 0 Å². The fourth-order valence-electron chi connectivity index (χ4n) is 1.88. The molecule has 20 heavy (non-hydrogen) atoms. The molecule has 0 spiro atoms. The molecule has 7 nitrogen and oxygen atoms in total. The van der Waals surface area contributed by atoms with Crippen LogP contribution in [0.4, 0.5) is 5.69 Å². The Balaban J connectivity index is 2.38. The zero-order valence-electron chi connectivity index (χ0n) is 10.2. The molecule has 1 aromatic carbocycles. The summed E-state index contributed by atoms with van der Waals surface area (Å²) in [5.74, 6) is 0. The predicted molar refractivity (Wildman–Crippen MR) is 70.6 cm³/mol. The molecule has 0 aromatic heterocycles. The number of nitro benzene ring substituents is 1. The third kappa shape index (κ3) is 2.60. The first-order valence-electron chi connectivity index (χ1n) is 5.69. The van der Waals surface area contributed by atoms with Crippen LogP contribution in [-0.4, -0.2) is 18.9 Å². The summed E-state index contributed by atoms with van der Waals surface area (Å²) in [5, 5.41) is 19.6. The summed E-state index contributed by atoms with van der Waals surface area (Å²) in [4.78, 5) is 9.72. The van der Waals surface area contributed by atoms with Gasteiger partial charge in [-0.15, -0.1) is 0 Å². The van der Waals surface area contributed by atoms with Crippen molar-refractivity contribution in [3.05, 3.63) is 33.3 Å². The first-order valence-corrected chi connectivity index (χ1v) is 7.55. The van der Waals surface area contributed by atoms with Gasteiger partial charge in [-0.2, -0.15) is 9.98 Å². The van der Waals surface area contributed by atoms with Gasteiger partial charge in [0.2, 0.25) is 10.0 Å². The molecule has 1 saturated carbocycles. The van der Waals surface area contributed by atoms with E-state index in [1.165, 1.54) is 6.07 Å². The second-order valence-corrected chi connectivity index (χ2v) is 6.61. The number of halogens is 1. The van der Waals surface area contributed by atoms with E-state index in [2.05, 4.69) is 4.72 Å². The minimum absolute atomic E-state index is 0.146. The third-order valence-electron chi connectivity index (χ3n) is 3.18. The molecule has 0 heterocycles.